The SMILES string of the molecule is CC.CC1(C)c2ccccc2-c2ccc(N(c3ccccc3)c3cc(-c4ccccc4)cc4c3-c3ccccc3C43c4ccccc4-c4c3ccc3ccccc43)cc21. The van der Waals surface area contributed by atoms with Gasteiger partial charge in [0.15, 0.2) is 0 Å². The Morgan fingerprint density at radius 3 is 1.66 bits per heavy atom. The Kier molecular flexibility index (Phi) is 7.94. The van der Waals surface area contributed by atoms with Gasteiger partial charge in [0.1, 0.15) is 0 Å². The first-order valence-corrected chi connectivity index (χ1v) is 21.1. The summed E-state index contributed by atoms with van der Waals surface area (Å²) in [6.45, 7) is 8.75. The summed E-state index contributed by atoms with van der Waals surface area (Å²) in [4.78, 5) is 2.53. The molecule has 0 bridgehead atoms. The number of hydrogen-bond acceptors (Lipinski definition) is 1. The van der Waals surface area contributed by atoms with Gasteiger partial charge in [-0.25, -0.2) is 0 Å². The zero-order valence-corrected chi connectivity index (χ0v) is 34.0. The second-order valence-electron chi connectivity index (χ2n) is 16.4. The van der Waals surface area contributed by atoms with Crippen molar-refractivity contribution in [2.24, 2.45) is 0 Å². The van der Waals surface area contributed by atoms with Gasteiger partial charge in [-0.2, -0.15) is 0 Å². The van der Waals surface area contributed by atoms with Crippen molar-refractivity contribution in [2.75, 3.05) is 4.90 Å². The van der Waals surface area contributed by atoms with E-state index in [9.17, 15) is 0 Å². The summed E-state index contributed by atoms with van der Waals surface area (Å²) in [5.41, 5.74) is 21.3. The van der Waals surface area contributed by atoms with Crippen LogP contribution in [0.25, 0.3) is 55.3 Å². The first-order chi connectivity index (χ1) is 29.0. The van der Waals surface area contributed by atoms with E-state index in [0.717, 1.165) is 11.4 Å². The van der Waals surface area contributed by atoms with Crippen molar-refractivity contribution in [3.63, 3.8) is 0 Å². The van der Waals surface area contributed by atoms with E-state index in [0.29, 0.717) is 0 Å². The molecule has 12 rings (SSSR count). The summed E-state index contributed by atoms with van der Waals surface area (Å²) in [6, 6.07) is 75.0. The molecule has 59 heavy (non-hydrogen) atoms. The van der Waals surface area contributed by atoms with Crippen LogP contribution >= 0.6 is 0 Å². The smallest absolute Gasteiger partial charge is 0.0726 e. The molecule has 3 aliphatic carbocycles. The third kappa shape index (κ3) is 4.85. The summed E-state index contributed by atoms with van der Waals surface area (Å²) in [5, 5.41) is 2.57. The fourth-order valence-electron chi connectivity index (χ4n) is 10.8. The minimum atomic E-state index is -0.509. The van der Waals surface area contributed by atoms with Crippen LogP contribution in [0.2, 0.25) is 0 Å². The summed E-state index contributed by atoms with van der Waals surface area (Å²) >= 11 is 0. The Balaban J connectivity index is 0.00000196. The number of hydrogen-bond donors (Lipinski definition) is 0. The Labute approximate surface area is 347 Å². The van der Waals surface area contributed by atoms with E-state index < -0.39 is 5.41 Å². The van der Waals surface area contributed by atoms with Crippen LogP contribution in [0.15, 0.2) is 200 Å². The highest BCUT2D eigenvalue weighted by atomic mass is 15.1. The fraction of sp³-hybridized carbons (Fsp3) is 0.103. The number of para-hydroxylation sites is 1. The lowest BCUT2D eigenvalue weighted by atomic mass is 9.70. The molecule has 3 aliphatic rings. The standard InChI is InChI=1S/C56H39N.C2H6/c1-55(2)46-26-14-11-23-42(46)43-31-30-40(35-50(43)55)57(39-20-7-4-8-21-39)52-34-38(36-17-5-3-6-18-36)33-51-54(52)45-25-13-16-28-48(45)56(51)47-27-15-12-24-44(47)53-41-22-10-9-19-37(41)29-32-49(53)56;1-2/h3-35H,1-2H3;1-2H3. The minimum Gasteiger partial charge on any atom is -0.310 e. The van der Waals surface area contributed by atoms with Gasteiger partial charge in [-0.15, -0.1) is 0 Å². The van der Waals surface area contributed by atoms with E-state index in [-0.39, 0.29) is 5.41 Å². The van der Waals surface area contributed by atoms with Crippen LogP contribution in [0.4, 0.5) is 17.1 Å². The molecule has 1 atom stereocenters. The summed E-state index contributed by atoms with van der Waals surface area (Å²) in [7, 11) is 0. The number of anilines is 3. The van der Waals surface area contributed by atoms with Crippen molar-refractivity contribution in [3.8, 4) is 44.5 Å². The van der Waals surface area contributed by atoms with Crippen LogP contribution in [-0.4, -0.2) is 0 Å². The third-order valence-corrected chi connectivity index (χ3v) is 13.2. The first-order valence-electron chi connectivity index (χ1n) is 21.1. The Morgan fingerprint density at radius 1 is 0.356 bits per heavy atom. The summed E-state index contributed by atoms with van der Waals surface area (Å²) in [5.74, 6) is 0. The highest BCUT2D eigenvalue weighted by molar-refractivity contribution is 6.08. The molecule has 282 valence electrons. The maximum absolute atomic E-state index is 2.53. The molecule has 0 heterocycles. The van der Waals surface area contributed by atoms with Gasteiger partial charge in [0.25, 0.3) is 0 Å². The average molecular weight is 756 g/mol. The molecule has 1 heteroatoms. The Hall–Kier alpha value is -6.96. The second kappa shape index (κ2) is 13.3. The van der Waals surface area contributed by atoms with Gasteiger partial charge in [-0.05, 0) is 119 Å². The van der Waals surface area contributed by atoms with Crippen LogP contribution in [0.1, 0.15) is 61.1 Å². The Bertz CT molecular complexity index is 3100. The fourth-order valence-corrected chi connectivity index (χ4v) is 10.8. The van der Waals surface area contributed by atoms with Crippen LogP contribution < -0.4 is 4.90 Å². The quantitative estimate of drug-likeness (QED) is 0.173. The van der Waals surface area contributed by atoms with Gasteiger partial charge in [0, 0.05) is 22.4 Å². The van der Waals surface area contributed by atoms with Gasteiger partial charge < -0.3 is 4.90 Å². The molecule has 0 N–H and O–H groups in total. The third-order valence-electron chi connectivity index (χ3n) is 13.2. The van der Waals surface area contributed by atoms with E-state index in [4.69, 9.17) is 0 Å². The van der Waals surface area contributed by atoms with Gasteiger partial charge >= 0.3 is 0 Å². The van der Waals surface area contributed by atoms with E-state index in [1.807, 2.05) is 13.8 Å². The number of rotatable bonds is 4. The van der Waals surface area contributed by atoms with Crippen molar-refractivity contribution in [1.82, 2.24) is 0 Å². The lowest BCUT2D eigenvalue weighted by Gasteiger charge is -2.33. The zero-order chi connectivity index (χ0) is 39.9. The maximum Gasteiger partial charge on any atom is 0.0726 e. The highest BCUT2D eigenvalue weighted by Gasteiger charge is 2.53. The van der Waals surface area contributed by atoms with Crippen LogP contribution in [0.5, 0.6) is 0 Å². The van der Waals surface area contributed by atoms with Crippen LogP contribution in [0.3, 0.4) is 0 Å². The van der Waals surface area contributed by atoms with Gasteiger partial charge in [0.05, 0.1) is 11.1 Å². The predicted molar refractivity (Wildman–Crippen MR) is 249 cm³/mol. The molecular formula is C58H45N. The monoisotopic (exact) mass is 755 g/mol. The molecule has 0 fully saturated rings. The molecule has 1 nitrogen and oxygen atoms in total. The lowest BCUT2D eigenvalue weighted by molar-refractivity contribution is 0.660. The van der Waals surface area contributed by atoms with Crippen molar-refractivity contribution < 1.29 is 0 Å². The number of benzene rings is 9. The molecule has 0 aliphatic heterocycles. The van der Waals surface area contributed by atoms with Crippen LogP contribution in [0, 0.1) is 0 Å². The van der Waals surface area contributed by atoms with Gasteiger partial charge in [-0.3, -0.25) is 0 Å². The molecule has 9 aromatic rings. The van der Waals surface area contributed by atoms with Gasteiger partial charge in [-0.1, -0.05) is 191 Å². The van der Waals surface area contributed by atoms with E-state index in [1.54, 1.807) is 0 Å². The maximum atomic E-state index is 2.53. The van der Waals surface area contributed by atoms with Gasteiger partial charge in [0.2, 0.25) is 0 Å². The molecular weight excluding hydrogens is 711 g/mol. The first kappa shape index (κ1) is 35.2. The zero-order valence-electron chi connectivity index (χ0n) is 34.0. The van der Waals surface area contributed by atoms with E-state index in [1.165, 1.54) is 94.3 Å². The Morgan fingerprint density at radius 2 is 0.932 bits per heavy atom. The molecule has 0 saturated heterocycles. The molecule has 0 saturated carbocycles. The highest BCUT2D eigenvalue weighted by Crippen LogP contribution is 2.66. The molecule has 0 aromatic heterocycles. The van der Waals surface area contributed by atoms with Crippen molar-refractivity contribution in [3.05, 3.63) is 234 Å². The van der Waals surface area contributed by atoms with Crippen molar-refractivity contribution in [2.45, 2.75) is 38.5 Å². The number of nitrogens with zero attached hydrogens (tertiary/aromatic N) is 1. The number of fused-ring (bicyclic) bond motifs is 15. The molecule has 1 unspecified atom stereocenters. The predicted octanol–water partition coefficient (Wildman–Crippen LogP) is 15.7. The molecule has 1 spiro atoms. The summed E-state index contributed by atoms with van der Waals surface area (Å²) in [6.07, 6.45) is 0. The van der Waals surface area contributed by atoms with E-state index >= 15 is 0 Å². The second-order valence-corrected chi connectivity index (χ2v) is 16.4. The minimum absolute atomic E-state index is 0.130. The normalized spacial score (nSPS) is 15.7. The topological polar surface area (TPSA) is 3.24 Å². The molecule has 9 aromatic carbocycles. The van der Waals surface area contributed by atoms with Crippen LogP contribution in [-0.2, 0) is 10.8 Å². The summed E-state index contributed by atoms with van der Waals surface area (Å²) < 4.78 is 0. The van der Waals surface area contributed by atoms with Crippen molar-refractivity contribution in [1.29, 1.82) is 0 Å². The van der Waals surface area contributed by atoms with E-state index in [2.05, 4.69) is 219 Å². The van der Waals surface area contributed by atoms with Crippen molar-refractivity contribution >= 4 is 27.8 Å². The average Bonchev–Trinajstić information content (AvgIpc) is 3.86. The lowest BCUT2D eigenvalue weighted by Crippen LogP contribution is -2.26. The molecule has 0 amide bonds. The largest absolute Gasteiger partial charge is 0.310 e. The molecule has 0 radical (unpaired) electrons.